The van der Waals surface area contributed by atoms with Crippen LogP contribution in [0.15, 0.2) is 24.5 Å². The lowest BCUT2D eigenvalue weighted by molar-refractivity contribution is -0.126. The second-order valence-corrected chi connectivity index (χ2v) is 5.03. The van der Waals surface area contributed by atoms with Gasteiger partial charge in [0.05, 0.1) is 0 Å². The third-order valence-corrected chi connectivity index (χ3v) is 3.55. The largest absolute Gasteiger partial charge is 0.355 e. The Hall–Kier alpha value is -1.37. The van der Waals surface area contributed by atoms with Crippen LogP contribution in [-0.4, -0.2) is 36.4 Å². The van der Waals surface area contributed by atoms with Crippen molar-refractivity contribution in [1.82, 2.24) is 15.6 Å². The molecule has 1 aromatic heterocycles. The Kier molecular flexibility index (Phi) is 9.73. The molecule has 2 rings (SSSR count). The molecule has 22 heavy (non-hydrogen) atoms. The van der Waals surface area contributed by atoms with E-state index < -0.39 is 0 Å². The molecule has 0 saturated carbocycles. The summed E-state index contributed by atoms with van der Waals surface area (Å²) in [5.74, 6) is 0.322. The SMILES string of the molecule is CC(C(=O)NCCC(=O)Nc1ccncc1)C1CNC1.Cl.Cl. The molecule has 2 amide bonds. The minimum absolute atomic E-state index is 0. The number of aromatic nitrogens is 1. The van der Waals surface area contributed by atoms with Crippen molar-refractivity contribution in [3.63, 3.8) is 0 Å². The summed E-state index contributed by atoms with van der Waals surface area (Å²) in [7, 11) is 0. The first kappa shape index (κ1) is 20.6. The zero-order valence-electron chi connectivity index (χ0n) is 12.4. The van der Waals surface area contributed by atoms with Crippen molar-refractivity contribution < 1.29 is 9.59 Å². The fourth-order valence-electron chi connectivity index (χ4n) is 2.00. The van der Waals surface area contributed by atoms with Gasteiger partial charge < -0.3 is 16.0 Å². The third-order valence-electron chi connectivity index (χ3n) is 3.55. The molecule has 0 spiro atoms. The van der Waals surface area contributed by atoms with E-state index in [1.807, 2.05) is 6.92 Å². The van der Waals surface area contributed by atoms with Crippen molar-refractivity contribution in [2.24, 2.45) is 11.8 Å². The molecule has 1 unspecified atom stereocenters. The van der Waals surface area contributed by atoms with Gasteiger partial charge in [-0.2, -0.15) is 0 Å². The van der Waals surface area contributed by atoms with E-state index in [4.69, 9.17) is 0 Å². The first-order valence-corrected chi connectivity index (χ1v) is 6.85. The van der Waals surface area contributed by atoms with Crippen LogP contribution in [0.25, 0.3) is 0 Å². The molecule has 8 heteroatoms. The normalized spacial score (nSPS) is 14.6. The van der Waals surface area contributed by atoms with Crippen molar-refractivity contribution in [3.8, 4) is 0 Å². The van der Waals surface area contributed by atoms with E-state index in [9.17, 15) is 9.59 Å². The minimum atomic E-state index is -0.116. The molecule has 3 N–H and O–H groups in total. The van der Waals surface area contributed by atoms with Gasteiger partial charge in [0.1, 0.15) is 0 Å². The predicted octanol–water partition coefficient (Wildman–Crippen LogP) is 1.23. The number of anilines is 1. The van der Waals surface area contributed by atoms with Gasteiger partial charge >= 0.3 is 0 Å². The second-order valence-electron chi connectivity index (χ2n) is 5.03. The van der Waals surface area contributed by atoms with Crippen molar-refractivity contribution in [2.45, 2.75) is 13.3 Å². The highest BCUT2D eigenvalue weighted by molar-refractivity contribution is 5.91. The predicted molar refractivity (Wildman–Crippen MR) is 90.5 cm³/mol. The Labute approximate surface area is 142 Å². The molecular weight excluding hydrogens is 327 g/mol. The first-order valence-electron chi connectivity index (χ1n) is 6.85. The summed E-state index contributed by atoms with van der Waals surface area (Å²) in [4.78, 5) is 27.4. The summed E-state index contributed by atoms with van der Waals surface area (Å²) >= 11 is 0. The molecule has 1 aliphatic heterocycles. The number of halogens is 2. The van der Waals surface area contributed by atoms with Crippen molar-refractivity contribution in [1.29, 1.82) is 0 Å². The fraction of sp³-hybridized carbons (Fsp3) is 0.500. The van der Waals surface area contributed by atoms with Crippen LogP contribution in [0.3, 0.4) is 0 Å². The zero-order valence-corrected chi connectivity index (χ0v) is 14.0. The van der Waals surface area contributed by atoms with Gasteiger partial charge in [-0.1, -0.05) is 6.92 Å². The molecule has 1 aromatic rings. The van der Waals surface area contributed by atoms with E-state index in [0.717, 1.165) is 13.1 Å². The van der Waals surface area contributed by atoms with Crippen LogP contribution in [0.5, 0.6) is 0 Å². The number of amides is 2. The van der Waals surface area contributed by atoms with Crippen LogP contribution < -0.4 is 16.0 Å². The number of carbonyl (C=O) groups is 2. The molecule has 0 bridgehead atoms. The Morgan fingerprint density at radius 3 is 2.50 bits per heavy atom. The maximum Gasteiger partial charge on any atom is 0.226 e. The Morgan fingerprint density at radius 1 is 1.32 bits per heavy atom. The van der Waals surface area contributed by atoms with Gasteiger partial charge in [0, 0.05) is 37.0 Å². The molecule has 1 aliphatic rings. The Morgan fingerprint density at radius 2 is 1.95 bits per heavy atom. The van der Waals surface area contributed by atoms with Crippen molar-refractivity contribution in [2.75, 3.05) is 25.0 Å². The Bertz CT molecular complexity index is 469. The second kappa shape index (κ2) is 10.4. The van der Waals surface area contributed by atoms with Crippen molar-refractivity contribution >= 4 is 42.3 Å². The quantitative estimate of drug-likeness (QED) is 0.721. The minimum Gasteiger partial charge on any atom is -0.355 e. The molecular formula is C14H22Cl2N4O2. The average molecular weight is 349 g/mol. The lowest BCUT2D eigenvalue weighted by Crippen LogP contribution is -2.49. The highest BCUT2D eigenvalue weighted by atomic mass is 35.5. The maximum absolute atomic E-state index is 11.8. The topological polar surface area (TPSA) is 83.1 Å². The van der Waals surface area contributed by atoms with E-state index >= 15 is 0 Å². The molecule has 2 heterocycles. The van der Waals surface area contributed by atoms with Gasteiger partial charge in [0.25, 0.3) is 0 Å². The van der Waals surface area contributed by atoms with Gasteiger partial charge in [0.2, 0.25) is 11.8 Å². The lowest BCUT2D eigenvalue weighted by atomic mass is 9.88. The van der Waals surface area contributed by atoms with Gasteiger partial charge in [-0.15, -0.1) is 24.8 Å². The van der Waals surface area contributed by atoms with Crippen LogP contribution >= 0.6 is 24.8 Å². The summed E-state index contributed by atoms with van der Waals surface area (Å²) < 4.78 is 0. The van der Waals surface area contributed by atoms with Crippen LogP contribution in [0.1, 0.15) is 13.3 Å². The van der Waals surface area contributed by atoms with E-state index in [1.165, 1.54) is 0 Å². The summed E-state index contributed by atoms with van der Waals surface area (Å²) in [5, 5.41) is 8.71. The summed E-state index contributed by atoms with van der Waals surface area (Å²) in [6.45, 7) is 4.09. The fourth-order valence-corrected chi connectivity index (χ4v) is 2.00. The number of nitrogens with zero attached hydrogens (tertiary/aromatic N) is 1. The molecule has 1 fully saturated rings. The van der Waals surface area contributed by atoms with Crippen LogP contribution in [0.2, 0.25) is 0 Å². The highest BCUT2D eigenvalue weighted by Gasteiger charge is 2.28. The summed E-state index contributed by atoms with van der Waals surface area (Å²) in [6.07, 6.45) is 3.50. The summed E-state index contributed by atoms with van der Waals surface area (Å²) in [5.41, 5.74) is 0.713. The summed E-state index contributed by atoms with van der Waals surface area (Å²) in [6, 6.07) is 3.45. The molecule has 124 valence electrons. The van der Waals surface area contributed by atoms with Gasteiger partial charge in [-0.05, 0) is 31.1 Å². The van der Waals surface area contributed by atoms with E-state index in [0.29, 0.717) is 18.2 Å². The number of hydrogen-bond acceptors (Lipinski definition) is 4. The van der Waals surface area contributed by atoms with Crippen LogP contribution in [-0.2, 0) is 9.59 Å². The molecule has 6 nitrogen and oxygen atoms in total. The molecule has 1 atom stereocenters. The van der Waals surface area contributed by atoms with E-state index in [1.54, 1.807) is 24.5 Å². The number of rotatable bonds is 6. The van der Waals surface area contributed by atoms with E-state index in [-0.39, 0.29) is 49.0 Å². The van der Waals surface area contributed by atoms with Gasteiger partial charge in [-0.25, -0.2) is 0 Å². The first-order chi connectivity index (χ1) is 9.66. The zero-order chi connectivity index (χ0) is 14.4. The number of hydrogen-bond donors (Lipinski definition) is 3. The Balaban J connectivity index is 0.00000220. The maximum atomic E-state index is 11.8. The average Bonchev–Trinajstić information content (AvgIpc) is 2.37. The van der Waals surface area contributed by atoms with Crippen LogP contribution in [0, 0.1) is 11.8 Å². The highest BCUT2D eigenvalue weighted by Crippen LogP contribution is 2.15. The van der Waals surface area contributed by atoms with E-state index in [2.05, 4.69) is 20.9 Å². The number of pyridine rings is 1. The number of carbonyl (C=O) groups excluding carboxylic acids is 2. The van der Waals surface area contributed by atoms with Crippen LogP contribution in [0.4, 0.5) is 5.69 Å². The molecule has 0 aliphatic carbocycles. The van der Waals surface area contributed by atoms with Crippen molar-refractivity contribution in [3.05, 3.63) is 24.5 Å². The van der Waals surface area contributed by atoms with Gasteiger partial charge in [-0.3, -0.25) is 14.6 Å². The standard InChI is InChI=1S/C14H20N4O2.2ClH/c1-10(11-8-16-9-11)14(20)17-7-4-13(19)18-12-2-5-15-6-3-12;;/h2-3,5-6,10-11,16H,4,7-9H2,1H3,(H,17,20)(H,15,18,19);2*1H. The lowest BCUT2D eigenvalue weighted by Gasteiger charge is -2.31. The number of nitrogens with one attached hydrogen (secondary N) is 3. The molecule has 0 aromatic carbocycles. The van der Waals surface area contributed by atoms with Gasteiger partial charge in [0.15, 0.2) is 0 Å². The smallest absolute Gasteiger partial charge is 0.226 e. The third kappa shape index (κ3) is 6.17. The molecule has 1 saturated heterocycles. The monoisotopic (exact) mass is 348 g/mol. The molecule has 0 radical (unpaired) electrons.